The van der Waals surface area contributed by atoms with Crippen LogP contribution in [-0.2, 0) is 4.74 Å². The molecule has 1 N–H and O–H groups in total. The van der Waals surface area contributed by atoms with Gasteiger partial charge < -0.3 is 14.6 Å². The third-order valence-corrected chi connectivity index (χ3v) is 3.58. The Kier molecular flexibility index (Phi) is 3.52. The number of benzene rings is 1. The van der Waals surface area contributed by atoms with E-state index >= 15 is 0 Å². The van der Waals surface area contributed by atoms with E-state index in [1.807, 2.05) is 24.3 Å². The third kappa shape index (κ3) is 3.03. The summed E-state index contributed by atoms with van der Waals surface area (Å²) < 4.78 is 11.3. The fourth-order valence-electron chi connectivity index (χ4n) is 2.39. The van der Waals surface area contributed by atoms with Crippen LogP contribution in [0, 0.1) is 0 Å². The quantitative estimate of drug-likeness (QED) is 0.870. The van der Waals surface area contributed by atoms with E-state index in [2.05, 4.69) is 0 Å². The van der Waals surface area contributed by atoms with Crippen molar-refractivity contribution in [1.82, 2.24) is 0 Å². The summed E-state index contributed by atoms with van der Waals surface area (Å²) in [5, 5.41) is 10.2. The standard InChI is InChI=1S/C15H20O3/c16-15(10-13-5-2-8-17-13)11-3-1-4-14(9-11)18-12-6-7-12/h1,3-4,9,12-13,15-16H,2,5-8,10H2. The van der Waals surface area contributed by atoms with Crippen molar-refractivity contribution >= 4 is 0 Å². The van der Waals surface area contributed by atoms with E-state index < -0.39 is 6.10 Å². The van der Waals surface area contributed by atoms with Gasteiger partial charge in [0.25, 0.3) is 0 Å². The van der Waals surface area contributed by atoms with Crippen molar-refractivity contribution in [2.45, 2.75) is 50.4 Å². The Morgan fingerprint density at radius 2 is 2.22 bits per heavy atom. The molecule has 0 radical (unpaired) electrons. The molecular formula is C15H20O3. The number of aliphatic hydroxyl groups is 1. The lowest BCUT2D eigenvalue weighted by molar-refractivity contribution is 0.0534. The van der Waals surface area contributed by atoms with Gasteiger partial charge in [0, 0.05) is 13.0 Å². The smallest absolute Gasteiger partial charge is 0.120 e. The molecule has 0 amide bonds. The molecular weight excluding hydrogens is 228 g/mol. The summed E-state index contributed by atoms with van der Waals surface area (Å²) in [5.74, 6) is 0.876. The first-order valence-electron chi connectivity index (χ1n) is 6.87. The SMILES string of the molecule is OC(CC1CCCO1)c1cccc(OC2CC2)c1. The molecule has 3 rings (SSSR count). The highest BCUT2D eigenvalue weighted by atomic mass is 16.5. The zero-order valence-electron chi connectivity index (χ0n) is 10.5. The molecule has 1 aliphatic carbocycles. The van der Waals surface area contributed by atoms with E-state index in [4.69, 9.17) is 9.47 Å². The van der Waals surface area contributed by atoms with Gasteiger partial charge in [-0.2, -0.15) is 0 Å². The minimum absolute atomic E-state index is 0.216. The van der Waals surface area contributed by atoms with Gasteiger partial charge in [0.05, 0.1) is 18.3 Å². The normalized spacial score (nSPS) is 25.1. The number of aliphatic hydroxyl groups excluding tert-OH is 1. The molecule has 2 aliphatic rings. The summed E-state index contributed by atoms with van der Waals surface area (Å²) >= 11 is 0. The summed E-state index contributed by atoms with van der Waals surface area (Å²) in [6, 6.07) is 7.82. The van der Waals surface area contributed by atoms with Crippen molar-refractivity contribution in [2.24, 2.45) is 0 Å². The van der Waals surface area contributed by atoms with E-state index in [-0.39, 0.29) is 6.10 Å². The molecule has 18 heavy (non-hydrogen) atoms. The van der Waals surface area contributed by atoms with E-state index in [1.165, 1.54) is 0 Å². The number of hydrogen-bond acceptors (Lipinski definition) is 3. The van der Waals surface area contributed by atoms with Crippen LogP contribution < -0.4 is 4.74 Å². The fraction of sp³-hybridized carbons (Fsp3) is 0.600. The van der Waals surface area contributed by atoms with Crippen LogP contribution in [0.4, 0.5) is 0 Å². The summed E-state index contributed by atoms with van der Waals surface area (Å²) in [6.07, 6.45) is 5.34. The Hall–Kier alpha value is -1.06. The molecule has 3 nitrogen and oxygen atoms in total. The number of hydrogen-bond donors (Lipinski definition) is 1. The molecule has 0 spiro atoms. The number of rotatable bonds is 5. The van der Waals surface area contributed by atoms with E-state index in [0.717, 1.165) is 43.6 Å². The molecule has 0 aromatic heterocycles. The lowest BCUT2D eigenvalue weighted by Crippen LogP contribution is -2.11. The molecule has 1 aromatic carbocycles. The second-order valence-electron chi connectivity index (χ2n) is 5.28. The second kappa shape index (κ2) is 5.29. The largest absolute Gasteiger partial charge is 0.490 e. The van der Waals surface area contributed by atoms with Gasteiger partial charge in [-0.05, 0) is 43.4 Å². The van der Waals surface area contributed by atoms with Crippen LogP contribution in [-0.4, -0.2) is 23.9 Å². The van der Waals surface area contributed by atoms with E-state index in [9.17, 15) is 5.11 Å². The van der Waals surface area contributed by atoms with Crippen LogP contribution in [0.3, 0.4) is 0 Å². The van der Waals surface area contributed by atoms with Gasteiger partial charge >= 0.3 is 0 Å². The average molecular weight is 248 g/mol. The van der Waals surface area contributed by atoms with Crippen LogP contribution >= 0.6 is 0 Å². The molecule has 2 unspecified atom stereocenters. The average Bonchev–Trinajstić information content (AvgIpc) is 3.04. The lowest BCUT2D eigenvalue weighted by Gasteiger charge is -2.16. The van der Waals surface area contributed by atoms with Crippen LogP contribution in [0.15, 0.2) is 24.3 Å². The van der Waals surface area contributed by atoms with Gasteiger partial charge in [-0.15, -0.1) is 0 Å². The Morgan fingerprint density at radius 1 is 1.33 bits per heavy atom. The van der Waals surface area contributed by atoms with Crippen molar-refractivity contribution in [3.63, 3.8) is 0 Å². The van der Waals surface area contributed by atoms with Crippen LogP contribution in [0.5, 0.6) is 5.75 Å². The Bertz CT molecular complexity index is 394. The molecule has 2 atom stereocenters. The van der Waals surface area contributed by atoms with Gasteiger partial charge in [0.15, 0.2) is 0 Å². The second-order valence-corrected chi connectivity index (χ2v) is 5.28. The highest BCUT2D eigenvalue weighted by molar-refractivity contribution is 5.30. The maximum atomic E-state index is 10.2. The Balaban J connectivity index is 1.62. The summed E-state index contributed by atoms with van der Waals surface area (Å²) in [6.45, 7) is 0.836. The van der Waals surface area contributed by atoms with Crippen LogP contribution in [0.1, 0.15) is 43.8 Å². The van der Waals surface area contributed by atoms with E-state index in [1.54, 1.807) is 0 Å². The summed E-state index contributed by atoms with van der Waals surface area (Å²) in [5.41, 5.74) is 0.934. The van der Waals surface area contributed by atoms with Crippen molar-refractivity contribution in [3.05, 3.63) is 29.8 Å². The first-order chi connectivity index (χ1) is 8.81. The molecule has 1 heterocycles. The molecule has 2 fully saturated rings. The molecule has 1 saturated carbocycles. The predicted molar refractivity (Wildman–Crippen MR) is 68.6 cm³/mol. The molecule has 1 aromatic rings. The molecule has 0 bridgehead atoms. The van der Waals surface area contributed by atoms with Crippen molar-refractivity contribution < 1.29 is 14.6 Å². The highest BCUT2D eigenvalue weighted by Crippen LogP contribution is 2.30. The third-order valence-electron chi connectivity index (χ3n) is 3.58. The zero-order valence-corrected chi connectivity index (χ0v) is 10.5. The van der Waals surface area contributed by atoms with Crippen molar-refractivity contribution in [3.8, 4) is 5.75 Å². The van der Waals surface area contributed by atoms with Gasteiger partial charge in [-0.25, -0.2) is 0 Å². The predicted octanol–water partition coefficient (Wildman–Crippen LogP) is 2.83. The van der Waals surface area contributed by atoms with Crippen LogP contribution in [0.25, 0.3) is 0 Å². The van der Waals surface area contributed by atoms with Gasteiger partial charge in [0.1, 0.15) is 5.75 Å². The number of ether oxygens (including phenoxy) is 2. The monoisotopic (exact) mass is 248 g/mol. The fourth-order valence-corrected chi connectivity index (χ4v) is 2.39. The molecule has 98 valence electrons. The first-order valence-corrected chi connectivity index (χ1v) is 6.87. The molecule has 1 aliphatic heterocycles. The Labute approximate surface area is 108 Å². The van der Waals surface area contributed by atoms with Crippen molar-refractivity contribution in [1.29, 1.82) is 0 Å². The summed E-state index contributed by atoms with van der Waals surface area (Å²) in [7, 11) is 0. The summed E-state index contributed by atoms with van der Waals surface area (Å²) in [4.78, 5) is 0. The molecule has 1 saturated heterocycles. The zero-order chi connectivity index (χ0) is 12.4. The maximum Gasteiger partial charge on any atom is 0.120 e. The van der Waals surface area contributed by atoms with E-state index in [0.29, 0.717) is 12.5 Å². The first kappa shape index (κ1) is 12.0. The molecule has 3 heteroatoms. The lowest BCUT2D eigenvalue weighted by atomic mass is 10.0. The van der Waals surface area contributed by atoms with Gasteiger partial charge in [-0.3, -0.25) is 0 Å². The van der Waals surface area contributed by atoms with Crippen molar-refractivity contribution in [2.75, 3.05) is 6.61 Å². The highest BCUT2D eigenvalue weighted by Gasteiger charge is 2.24. The minimum Gasteiger partial charge on any atom is -0.490 e. The Morgan fingerprint density at radius 3 is 2.94 bits per heavy atom. The maximum absolute atomic E-state index is 10.2. The minimum atomic E-state index is -0.448. The van der Waals surface area contributed by atoms with Gasteiger partial charge in [0.2, 0.25) is 0 Å². The van der Waals surface area contributed by atoms with Crippen LogP contribution in [0.2, 0.25) is 0 Å². The van der Waals surface area contributed by atoms with Gasteiger partial charge in [-0.1, -0.05) is 12.1 Å². The topological polar surface area (TPSA) is 38.7 Å².